The average molecular weight is 460 g/mol. The predicted molar refractivity (Wildman–Crippen MR) is 120 cm³/mol. The summed E-state index contributed by atoms with van der Waals surface area (Å²) in [6.07, 6.45) is 1.23. The molecule has 0 aliphatic carbocycles. The fourth-order valence-electron chi connectivity index (χ4n) is 3.27. The van der Waals surface area contributed by atoms with Crippen molar-refractivity contribution in [1.82, 2.24) is 5.32 Å². The van der Waals surface area contributed by atoms with E-state index in [1.165, 1.54) is 49.6 Å². The summed E-state index contributed by atoms with van der Waals surface area (Å²) in [5.41, 5.74) is 0.0129. The van der Waals surface area contributed by atoms with E-state index in [-0.39, 0.29) is 22.8 Å². The van der Waals surface area contributed by atoms with Crippen LogP contribution in [0.25, 0.3) is 6.08 Å². The first-order valence-corrected chi connectivity index (χ1v) is 10.0. The van der Waals surface area contributed by atoms with Gasteiger partial charge in [-0.3, -0.25) is 14.9 Å². The van der Waals surface area contributed by atoms with Crippen LogP contribution in [0.1, 0.15) is 15.9 Å². The zero-order valence-corrected chi connectivity index (χ0v) is 17.8. The van der Waals surface area contributed by atoms with Gasteiger partial charge in [-0.25, -0.2) is 18.9 Å². The lowest BCUT2D eigenvalue weighted by Gasteiger charge is -2.26. The zero-order chi connectivity index (χ0) is 24.2. The minimum absolute atomic E-state index is 0.126. The summed E-state index contributed by atoms with van der Waals surface area (Å²) >= 11 is 0. The fourth-order valence-corrected chi connectivity index (χ4v) is 3.27. The van der Waals surface area contributed by atoms with E-state index in [9.17, 15) is 23.6 Å². The van der Waals surface area contributed by atoms with Gasteiger partial charge in [-0.2, -0.15) is 0 Å². The first kappa shape index (κ1) is 22.4. The molecule has 1 N–H and O–H groups in total. The van der Waals surface area contributed by atoms with Gasteiger partial charge in [0.2, 0.25) is 0 Å². The number of ether oxygens (including phenoxy) is 2. The highest BCUT2D eigenvalue weighted by Crippen LogP contribution is 2.31. The second kappa shape index (κ2) is 9.37. The molecule has 0 spiro atoms. The second-order valence-electron chi connectivity index (χ2n) is 7.08. The second-order valence-corrected chi connectivity index (χ2v) is 7.08. The van der Waals surface area contributed by atoms with E-state index in [4.69, 9.17) is 9.47 Å². The topological polar surface area (TPSA) is 102 Å². The molecule has 8 nitrogen and oxygen atoms in total. The van der Waals surface area contributed by atoms with Gasteiger partial charge in [0.05, 0.1) is 18.4 Å². The molecule has 0 aromatic heterocycles. The number of rotatable bonds is 5. The third kappa shape index (κ3) is 4.40. The number of benzene rings is 3. The minimum Gasteiger partial charge on any atom is -0.493 e. The lowest BCUT2D eigenvalue weighted by Crippen LogP contribution is -2.54. The van der Waals surface area contributed by atoms with E-state index >= 15 is 0 Å². The first-order valence-electron chi connectivity index (χ1n) is 10.0. The maximum absolute atomic E-state index is 14.2. The van der Waals surface area contributed by atoms with Crippen LogP contribution in [0.4, 0.5) is 14.9 Å². The summed E-state index contributed by atoms with van der Waals surface area (Å²) in [5, 5.41) is 2.03. The molecule has 34 heavy (non-hydrogen) atoms. The molecule has 0 saturated carbocycles. The standard InChI is InChI=1S/C25H17FN2O6/c1-33-21-14-15(11-12-20(21)34-24(31)16-7-3-2-4-8-16)13-17-22(29)27-25(32)28(23(17)30)19-10-6-5-9-18(19)26/h2-14H,1H3,(H,27,29,32)/b17-13+. The predicted octanol–water partition coefficient (Wildman–Crippen LogP) is 3.72. The molecule has 4 amide bonds. The van der Waals surface area contributed by atoms with Crippen LogP contribution in [0.3, 0.4) is 0 Å². The molecule has 1 heterocycles. The van der Waals surface area contributed by atoms with Gasteiger partial charge >= 0.3 is 12.0 Å². The number of halogens is 1. The first-order chi connectivity index (χ1) is 16.4. The Balaban J connectivity index is 1.64. The Bertz CT molecular complexity index is 1340. The maximum atomic E-state index is 14.2. The molecule has 0 bridgehead atoms. The van der Waals surface area contributed by atoms with Crippen molar-refractivity contribution in [3.63, 3.8) is 0 Å². The van der Waals surface area contributed by atoms with Crippen LogP contribution < -0.4 is 19.7 Å². The number of barbiturate groups is 1. The Hall–Kier alpha value is -4.79. The summed E-state index contributed by atoms with van der Waals surface area (Å²) in [4.78, 5) is 50.4. The Morgan fingerprint density at radius 2 is 1.65 bits per heavy atom. The molecule has 1 aliphatic rings. The highest BCUT2D eigenvalue weighted by atomic mass is 19.1. The number of carbonyl (C=O) groups is 4. The molecule has 1 fully saturated rings. The van der Waals surface area contributed by atoms with Crippen molar-refractivity contribution in [1.29, 1.82) is 0 Å². The Morgan fingerprint density at radius 3 is 2.35 bits per heavy atom. The van der Waals surface area contributed by atoms with E-state index in [2.05, 4.69) is 0 Å². The molecular weight excluding hydrogens is 443 g/mol. The molecular formula is C25H17FN2O6. The third-order valence-electron chi connectivity index (χ3n) is 4.91. The van der Waals surface area contributed by atoms with Crippen molar-refractivity contribution < 1.29 is 33.0 Å². The van der Waals surface area contributed by atoms with Crippen LogP contribution in [-0.4, -0.2) is 30.9 Å². The largest absolute Gasteiger partial charge is 0.493 e. The zero-order valence-electron chi connectivity index (χ0n) is 17.8. The number of amides is 4. The van der Waals surface area contributed by atoms with Crippen LogP contribution in [0, 0.1) is 5.82 Å². The van der Waals surface area contributed by atoms with Crippen molar-refractivity contribution in [2.24, 2.45) is 0 Å². The van der Waals surface area contributed by atoms with Crippen molar-refractivity contribution in [3.05, 3.63) is 95.3 Å². The van der Waals surface area contributed by atoms with Gasteiger partial charge in [-0.1, -0.05) is 36.4 Å². The van der Waals surface area contributed by atoms with Gasteiger partial charge in [0, 0.05) is 0 Å². The number of para-hydroxylation sites is 1. The molecule has 0 radical (unpaired) electrons. The van der Waals surface area contributed by atoms with Gasteiger partial charge in [0.15, 0.2) is 11.5 Å². The number of carbonyl (C=O) groups excluding carboxylic acids is 4. The Morgan fingerprint density at radius 1 is 0.941 bits per heavy atom. The summed E-state index contributed by atoms with van der Waals surface area (Å²) in [6.45, 7) is 0. The highest BCUT2D eigenvalue weighted by Gasteiger charge is 2.38. The molecule has 4 rings (SSSR count). The number of anilines is 1. The summed E-state index contributed by atoms with van der Waals surface area (Å²) in [7, 11) is 1.36. The smallest absolute Gasteiger partial charge is 0.343 e. The van der Waals surface area contributed by atoms with E-state index in [1.807, 2.05) is 5.32 Å². The van der Waals surface area contributed by atoms with Crippen LogP contribution >= 0.6 is 0 Å². The lowest BCUT2D eigenvalue weighted by atomic mass is 10.1. The van der Waals surface area contributed by atoms with E-state index in [0.717, 1.165) is 6.07 Å². The van der Waals surface area contributed by atoms with Crippen molar-refractivity contribution in [3.8, 4) is 11.5 Å². The summed E-state index contributed by atoms with van der Waals surface area (Å²) < 4.78 is 24.9. The molecule has 3 aromatic carbocycles. The summed E-state index contributed by atoms with van der Waals surface area (Å²) in [5.74, 6) is -3.01. The van der Waals surface area contributed by atoms with Gasteiger partial charge in [-0.15, -0.1) is 0 Å². The number of urea groups is 1. The van der Waals surface area contributed by atoms with Crippen molar-refractivity contribution in [2.75, 3.05) is 12.0 Å². The van der Waals surface area contributed by atoms with E-state index < -0.39 is 29.6 Å². The summed E-state index contributed by atoms with van der Waals surface area (Å²) in [6, 6.07) is 16.9. The van der Waals surface area contributed by atoms with E-state index in [1.54, 1.807) is 30.3 Å². The van der Waals surface area contributed by atoms with Crippen LogP contribution in [0.5, 0.6) is 11.5 Å². The number of nitrogens with zero attached hydrogens (tertiary/aromatic N) is 1. The molecule has 9 heteroatoms. The van der Waals surface area contributed by atoms with Crippen LogP contribution in [0.2, 0.25) is 0 Å². The molecule has 0 unspecified atom stereocenters. The SMILES string of the molecule is COc1cc(/C=C2\C(=O)NC(=O)N(c3ccccc3F)C2=O)ccc1OC(=O)c1ccccc1. The highest BCUT2D eigenvalue weighted by molar-refractivity contribution is 6.39. The van der Waals surface area contributed by atoms with Crippen molar-refractivity contribution in [2.45, 2.75) is 0 Å². The normalized spacial score (nSPS) is 14.7. The number of hydrogen-bond donors (Lipinski definition) is 1. The number of imide groups is 2. The Labute approximate surface area is 193 Å². The van der Waals surface area contributed by atoms with Gasteiger partial charge < -0.3 is 9.47 Å². The lowest BCUT2D eigenvalue weighted by molar-refractivity contribution is -0.122. The van der Waals surface area contributed by atoms with E-state index in [0.29, 0.717) is 16.0 Å². The maximum Gasteiger partial charge on any atom is 0.343 e. The van der Waals surface area contributed by atoms with Gasteiger partial charge in [0.25, 0.3) is 11.8 Å². The number of hydrogen-bond acceptors (Lipinski definition) is 6. The Kier molecular flexibility index (Phi) is 6.18. The molecule has 1 saturated heterocycles. The average Bonchev–Trinajstić information content (AvgIpc) is 2.84. The molecule has 0 atom stereocenters. The third-order valence-corrected chi connectivity index (χ3v) is 4.91. The molecule has 1 aliphatic heterocycles. The van der Waals surface area contributed by atoms with Gasteiger partial charge in [0.1, 0.15) is 11.4 Å². The van der Waals surface area contributed by atoms with Crippen molar-refractivity contribution >= 4 is 35.6 Å². The quantitative estimate of drug-likeness (QED) is 0.270. The molecule has 170 valence electrons. The fraction of sp³-hybridized carbons (Fsp3) is 0.0400. The van der Waals surface area contributed by atoms with Gasteiger partial charge in [-0.05, 0) is 48.0 Å². The number of nitrogens with one attached hydrogen (secondary N) is 1. The monoisotopic (exact) mass is 460 g/mol. The number of esters is 1. The van der Waals surface area contributed by atoms with Crippen LogP contribution in [0.15, 0.2) is 78.4 Å². The molecule has 3 aromatic rings. The minimum atomic E-state index is -1.06. The number of methoxy groups -OCH3 is 1. The van der Waals surface area contributed by atoms with Crippen LogP contribution in [-0.2, 0) is 9.59 Å².